The first-order chi connectivity index (χ1) is 11.5. The van der Waals surface area contributed by atoms with E-state index in [4.69, 9.17) is 4.74 Å². The number of aliphatic hydroxyl groups is 1. The lowest BCUT2D eigenvalue weighted by Gasteiger charge is -2.23. The van der Waals surface area contributed by atoms with E-state index < -0.39 is 11.4 Å². The lowest BCUT2D eigenvalue weighted by Crippen LogP contribution is -2.41. The van der Waals surface area contributed by atoms with Crippen LogP contribution in [0.4, 0.5) is 4.39 Å². The van der Waals surface area contributed by atoms with E-state index in [-0.39, 0.29) is 25.5 Å². The molecular formula is C18H19FN2O3. The molecule has 1 aromatic heterocycles. The van der Waals surface area contributed by atoms with Crippen LogP contribution < -0.4 is 4.74 Å². The molecule has 0 radical (unpaired) electrons. The average molecular weight is 330 g/mol. The fourth-order valence-corrected chi connectivity index (χ4v) is 2.73. The number of aromatic nitrogens is 1. The van der Waals surface area contributed by atoms with E-state index in [0.29, 0.717) is 24.4 Å². The van der Waals surface area contributed by atoms with Gasteiger partial charge in [-0.25, -0.2) is 4.39 Å². The van der Waals surface area contributed by atoms with Crippen LogP contribution in [0.25, 0.3) is 0 Å². The number of nitrogens with zero attached hydrogens (tertiary/aromatic N) is 2. The van der Waals surface area contributed by atoms with Gasteiger partial charge < -0.3 is 14.7 Å². The van der Waals surface area contributed by atoms with Crippen molar-refractivity contribution in [2.24, 2.45) is 0 Å². The summed E-state index contributed by atoms with van der Waals surface area (Å²) < 4.78 is 18.6. The molecule has 5 nitrogen and oxygen atoms in total. The number of pyridine rings is 1. The Morgan fingerprint density at radius 1 is 1.33 bits per heavy atom. The van der Waals surface area contributed by atoms with E-state index in [0.717, 1.165) is 0 Å². The Labute approximate surface area is 139 Å². The van der Waals surface area contributed by atoms with Crippen LogP contribution in [-0.2, 0) is 11.2 Å². The molecule has 1 saturated heterocycles. The van der Waals surface area contributed by atoms with Crippen molar-refractivity contribution in [2.45, 2.75) is 18.4 Å². The maximum atomic E-state index is 13.1. The molecule has 0 spiro atoms. The second kappa shape index (κ2) is 6.97. The Hall–Kier alpha value is -2.47. The molecule has 24 heavy (non-hydrogen) atoms. The van der Waals surface area contributed by atoms with Gasteiger partial charge in [0.05, 0.1) is 13.0 Å². The smallest absolute Gasteiger partial charge is 0.228 e. The predicted molar refractivity (Wildman–Crippen MR) is 86.0 cm³/mol. The maximum Gasteiger partial charge on any atom is 0.228 e. The van der Waals surface area contributed by atoms with Gasteiger partial charge >= 0.3 is 0 Å². The SMILES string of the molecule is O=C(Cc1ccccn1)N1CCC(O)(COc2cccc(F)c2)C1. The highest BCUT2D eigenvalue weighted by atomic mass is 19.1. The lowest BCUT2D eigenvalue weighted by molar-refractivity contribution is -0.130. The molecule has 1 aliphatic heterocycles. The summed E-state index contributed by atoms with van der Waals surface area (Å²) in [6.07, 6.45) is 2.29. The Kier molecular flexibility index (Phi) is 4.76. The van der Waals surface area contributed by atoms with Crippen molar-refractivity contribution in [2.75, 3.05) is 19.7 Å². The Bertz CT molecular complexity index is 710. The van der Waals surface area contributed by atoms with E-state index in [1.807, 2.05) is 6.07 Å². The molecule has 1 amide bonds. The molecule has 1 aliphatic rings. The molecule has 1 N–H and O–H groups in total. The molecule has 0 bridgehead atoms. The number of halogens is 1. The zero-order valence-corrected chi connectivity index (χ0v) is 13.2. The maximum absolute atomic E-state index is 13.1. The van der Waals surface area contributed by atoms with Gasteiger partial charge in [0, 0.05) is 24.5 Å². The van der Waals surface area contributed by atoms with E-state index in [2.05, 4.69) is 4.98 Å². The zero-order chi connectivity index (χ0) is 17.0. The molecule has 0 aliphatic carbocycles. The van der Waals surface area contributed by atoms with E-state index in [9.17, 15) is 14.3 Å². The number of hydrogen-bond donors (Lipinski definition) is 1. The molecular weight excluding hydrogens is 311 g/mol. The van der Waals surface area contributed by atoms with Crippen LogP contribution in [0.3, 0.4) is 0 Å². The number of carbonyl (C=O) groups is 1. The van der Waals surface area contributed by atoms with Gasteiger partial charge in [-0.3, -0.25) is 9.78 Å². The summed E-state index contributed by atoms with van der Waals surface area (Å²) in [5.41, 5.74) is -0.416. The lowest BCUT2D eigenvalue weighted by atomic mass is 10.1. The summed E-state index contributed by atoms with van der Waals surface area (Å²) in [6, 6.07) is 11.2. The molecule has 1 aromatic carbocycles. The van der Waals surface area contributed by atoms with Crippen molar-refractivity contribution in [3.63, 3.8) is 0 Å². The van der Waals surface area contributed by atoms with Crippen molar-refractivity contribution >= 4 is 5.91 Å². The van der Waals surface area contributed by atoms with Crippen LogP contribution in [-0.4, -0.2) is 46.2 Å². The van der Waals surface area contributed by atoms with E-state index in [1.165, 1.54) is 12.1 Å². The fraction of sp³-hybridized carbons (Fsp3) is 0.333. The molecule has 1 fully saturated rings. The van der Waals surface area contributed by atoms with Gasteiger partial charge in [0.15, 0.2) is 0 Å². The second-order valence-electron chi connectivity index (χ2n) is 6.03. The summed E-state index contributed by atoms with van der Waals surface area (Å²) in [5, 5.41) is 10.6. The molecule has 1 unspecified atom stereocenters. The summed E-state index contributed by atoms with van der Waals surface area (Å²) in [4.78, 5) is 18.1. The first kappa shape index (κ1) is 16.4. The van der Waals surface area contributed by atoms with Crippen molar-refractivity contribution in [3.8, 4) is 5.75 Å². The highest BCUT2D eigenvalue weighted by molar-refractivity contribution is 5.78. The van der Waals surface area contributed by atoms with Gasteiger partial charge in [-0.2, -0.15) is 0 Å². The minimum atomic E-state index is -1.12. The third-order valence-electron chi connectivity index (χ3n) is 4.05. The number of benzene rings is 1. The van der Waals surface area contributed by atoms with Crippen LogP contribution in [0.5, 0.6) is 5.75 Å². The van der Waals surface area contributed by atoms with Crippen LogP contribution in [0.15, 0.2) is 48.7 Å². The Morgan fingerprint density at radius 3 is 2.96 bits per heavy atom. The van der Waals surface area contributed by atoms with Crippen LogP contribution in [0.1, 0.15) is 12.1 Å². The summed E-state index contributed by atoms with van der Waals surface area (Å²) >= 11 is 0. The minimum absolute atomic E-state index is 0.0177. The van der Waals surface area contributed by atoms with Gasteiger partial charge in [-0.15, -0.1) is 0 Å². The number of β-amino-alcohol motifs (C(OH)–C–C–N with tert-alkyl or cyclic N) is 1. The van der Waals surface area contributed by atoms with Gasteiger partial charge in [-0.1, -0.05) is 12.1 Å². The monoisotopic (exact) mass is 330 g/mol. The molecule has 2 heterocycles. The van der Waals surface area contributed by atoms with E-state index >= 15 is 0 Å². The normalized spacial score (nSPS) is 20.2. The Balaban J connectivity index is 1.54. The topological polar surface area (TPSA) is 62.7 Å². The zero-order valence-electron chi connectivity index (χ0n) is 13.2. The van der Waals surface area contributed by atoms with Crippen molar-refractivity contribution in [3.05, 3.63) is 60.2 Å². The largest absolute Gasteiger partial charge is 0.490 e. The first-order valence-corrected chi connectivity index (χ1v) is 7.83. The van der Waals surface area contributed by atoms with Gasteiger partial charge in [0.1, 0.15) is 23.8 Å². The second-order valence-corrected chi connectivity index (χ2v) is 6.03. The summed E-state index contributed by atoms with van der Waals surface area (Å²) in [7, 11) is 0. The predicted octanol–water partition coefficient (Wildman–Crippen LogP) is 1.81. The Morgan fingerprint density at radius 2 is 2.21 bits per heavy atom. The van der Waals surface area contributed by atoms with Crippen LogP contribution >= 0.6 is 0 Å². The van der Waals surface area contributed by atoms with Gasteiger partial charge in [0.25, 0.3) is 0 Å². The molecule has 126 valence electrons. The average Bonchev–Trinajstić information content (AvgIpc) is 2.97. The number of rotatable bonds is 5. The van der Waals surface area contributed by atoms with E-state index in [1.54, 1.807) is 35.4 Å². The van der Waals surface area contributed by atoms with Crippen molar-refractivity contribution in [1.82, 2.24) is 9.88 Å². The number of likely N-dealkylation sites (tertiary alicyclic amines) is 1. The third-order valence-corrected chi connectivity index (χ3v) is 4.05. The molecule has 2 aromatic rings. The molecule has 0 saturated carbocycles. The number of carbonyl (C=O) groups excluding carboxylic acids is 1. The van der Waals surface area contributed by atoms with Crippen molar-refractivity contribution in [1.29, 1.82) is 0 Å². The summed E-state index contributed by atoms with van der Waals surface area (Å²) in [6.45, 7) is 0.687. The van der Waals surface area contributed by atoms with Gasteiger partial charge in [-0.05, 0) is 30.7 Å². The first-order valence-electron chi connectivity index (χ1n) is 7.83. The minimum Gasteiger partial charge on any atom is -0.490 e. The molecule has 1 atom stereocenters. The van der Waals surface area contributed by atoms with Crippen LogP contribution in [0, 0.1) is 5.82 Å². The standard InChI is InChI=1S/C18H19FN2O3/c19-14-4-3-6-16(10-14)24-13-18(23)7-9-21(12-18)17(22)11-15-5-1-2-8-20-15/h1-6,8,10,23H,7,9,11-13H2. The number of hydrogen-bond acceptors (Lipinski definition) is 4. The van der Waals surface area contributed by atoms with Gasteiger partial charge in [0.2, 0.25) is 5.91 Å². The number of ether oxygens (including phenoxy) is 1. The molecule has 3 rings (SSSR count). The van der Waals surface area contributed by atoms with Crippen LogP contribution in [0.2, 0.25) is 0 Å². The molecule has 6 heteroatoms. The third kappa shape index (κ3) is 4.08. The number of amides is 1. The highest BCUT2D eigenvalue weighted by Gasteiger charge is 2.39. The fourth-order valence-electron chi connectivity index (χ4n) is 2.73. The highest BCUT2D eigenvalue weighted by Crippen LogP contribution is 2.24. The summed E-state index contributed by atoms with van der Waals surface area (Å²) in [5.74, 6) is -0.102. The quantitative estimate of drug-likeness (QED) is 0.908. The van der Waals surface area contributed by atoms with Crippen molar-refractivity contribution < 1.29 is 19.0 Å².